The average Bonchev–Trinajstić information content (AvgIpc) is 2.15. The largest absolute Gasteiger partial charge is 0.416 e. The highest BCUT2D eigenvalue weighted by Crippen LogP contribution is 2.31. The number of amidine groups is 1. The monoisotopic (exact) mass is 244 g/mol. The van der Waals surface area contributed by atoms with E-state index >= 15 is 0 Å². The lowest BCUT2D eigenvalue weighted by atomic mass is 9.95. The predicted octanol–water partition coefficient (Wildman–Crippen LogP) is 3.74. The number of benzene rings is 1. The van der Waals surface area contributed by atoms with Crippen molar-refractivity contribution in [1.82, 2.24) is 0 Å². The predicted molar refractivity (Wildman–Crippen MR) is 62.2 cm³/mol. The van der Waals surface area contributed by atoms with Gasteiger partial charge in [-0.2, -0.15) is 13.2 Å². The van der Waals surface area contributed by atoms with Gasteiger partial charge in [-0.1, -0.05) is 26.8 Å². The molecule has 0 amide bonds. The quantitative estimate of drug-likeness (QED) is 0.593. The second-order valence-corrected chi connectivity index (χ2v) is 4.80. The van der Waals surface area contributed by atoms with E-state index in [0.717, 1.165) is 12.1 Å². The Labute approximate surface area is 98.4 Å². The van der Waals surface area contributed by atoms with E-state index in [1.54, 1.807) is 0 Å². The van der Waals surface area contributed by atoms with E-state index in [0.29, 0.717) is 5.84 Å². The zero-order chi connectivity index (χ0) is 13.3. The van der Waals surface area contributed by atoms with Crippen molar-refractivity contribution in [1.29, 1.82) is 0 Å². The fourth-order valence-corrected chi connectivity index (χ4v) is 1.06. The molecular weight excluding hydrogens is 229 g/mol. The highest BCUT2D eigenvalue weighted by atomic mass is 19.4. The topological polar surface area (TPSA) is 38.4 Å². The fraction of sp³-hybridized carbons (Fsp3) is 0.417. The number of hydrogen-bond donors (Lipinski definition) is 1. The molecule has 0 saturated carbocycles. The van der Waals surface area contributed by atoms with Crippen molar-refractivity contribution >= 4 is 11.5 Å². The third kappa shape index (κ3) is 3.76. The maximum Gasteiger partial charge on any atom is 0.416 e. The zero-order valence-corrected chi connectivity index (χ0v) is 9.97. The Morgan fingerprint density at radius 3 is 2.24 bits per heavy atom. The van der Waals surface area contributed by atoms with E-state index < -0.39 is 11.7 Å². The summed E-state index contributed by atoms with van der Waals surface area (Å²) in [4.78, 5) is 4.00. The fourth-order valence-electron chi connectivity index (χ4n) is 1.06. The smallest absolute Gasteiger partial charge is 0.387 e. The molecule has 0 bridgehead atoms. The summed E-state index contributed by atoms with van der Waals surface area (Å²) < 4.78 is 37.4. The van der Waals surface area contributed by atoms with Gasteiger partial charge in [0.15, 0.2) is 0 Å². The standard InChI is InChI=1S/C12H15F3N2/c1-11(2,3)10(16)17-9-6-4-5-8(7-9)12(13,14)15/h4-7H,1-3H3,(H2,16,17). The Bertz CT molecular complexity index is 428. The van der Waals surface area contributed by atoms with Crippen LogP contribution in [0.2, 0.25) is 0 Å². The first kappa shape index (κ1) is 13.5. The van der Waals surface area contributed by atoms with Gasteiger partial charge in [0.1, 0.15) is 5.84 Å². The van der Waals surface area contributed by atoms with E-state index in [9.17, 15) is 13.2 Å². The van der Waals surface area contributed by atoms with E-state index in [1.165, 1.54) is 12.1 Å². The van der Waals surface area contributed by atoms with Crippen LogP contribution >= 0.6 is 0 Å². The number of alkyl halides is 3. The van der Waals surface area contributed by atoms with Gasteiger partial charge in [0, 0.05) is 5.41 Å². The van der Waals surface area contributed by atoms with Gasteiger partial charge in [0.25, 0.3) is 0 Å². The van der Waals surface area contributed by atoms with Gasteiger partial charge in [-0.15, -0.1) is 0 Å². The molecule has 0 fully saturated rings. The number of aliphatic imine (C=N–C) groups is 1. The summed E-state index contributed by atoms with van der Waals surface area (Å²) in [7, 11) is 0. The Hall–Kier alpha value is -1.52. The molecule has 0 atom stereocenters. The van der Waals surface area contributed by atoms with Crippen molar-refractivity contribution in [3.63, 3.8) is 0 Å². The lowest BCUT2D eigenvalue weighted by molar-refractivity contribution is -0.137. The Morgan fingerprint density at radius 2 is 1.76 bits per heavy atom. The van der Waals surface area contributed by atoms with Gasteiger partial charge in [0.05, 0.1) is 11.3 Å². The summed E-state index contributed by atoms with van der Waals surface area (Å²) in [5, 5.41) is 0. The van der Waals surface area contributed by atoms with Crippen LogP contribution in [-0.4, -0.2) is 5.84 Å². The summed E-state index contributed by atoms with van der Waals surface area (Å²) in [5.41, 5.74) is 4.84. The molecule has 0 aliphatic rings. The SMILES string of the molecule is CC(C)(C)C(N)=Nc1cccc(C(F)(F)F)c1. The minimum absolute atomic E-state index is 0.215. The molecule has 0 aromatic heterocycles. The molecule has 2 nitrogen and oxygen atoms in total. The van der Waals surface area contributed by atoms with Crippen LogP contribution in [0.15, 0.2) is 29.3 Å². The molecule has 5 heteroatoms. The van der Waals surface area contributed by atoms with Gasteiger partial charge in [-0.3, -0.25) is 0 Å². The van der Waals surface area contributed by atoms with Crippen LogP contribution in [0, 0.1) is 5.41 Å². The molecule has 17 heavy (non-hydrogen) atoms. The van der Waals surface area contributed by atoms with E-state index in [-0.39, 0.29) is 11.1 Å². The van der Waals surface area contributed by atoms with Gasteiger partial charge in [-0.05, 0) is 18.2 Å². The minimum atomic E-state index is -4.36. The highest BCUT2D eigenvalue weighted by Gasteiger charge is 2.30. The normalized spacial score (nSPS) is 13.9. The van der Waals surface area contributed by atoms with Crippen molar-refractivity contribution in [2.45, 2.75) is 26.9 Å². The van der Waals surface area contributed by atoms with Crippen LogP contribution in [0.5, 0.6) is 0 Å². The molecule has 2 N–H and O–H groups in total. The maximum absolute atomic E-state index is 12.5. The van der Waals surface area contributed by atoms with Gasteiger partial charge in [-0.25, -0.2) is 4.99 Å². The van der Waals surface area contributed by atoms with Crippen LogP contribution in [-0.2, 0) is 6.18 Å². The van der Waals surface area contributed by atoms with Crippen LogP contribution in [0.1, 0.15) is 26.3 Å². The first-order chi connectivity index (χ1) is 7.60. The van der Waals surface area contributed by atoms with Crippen LogP contribution in [0.3, 0.4) is 0 Å². The zero-order valence-electron chi connectivity index (χ0n) is 9.97. The van der Waals surface area contributed by atoms with Gasteiger partial charge < -0.3 is 5.73 Å². The van der Waals surface area contributed by atoms with E-state index in [1.807, 2.05) is 20.8 Å². The molecule has 1 aromatic rings. The molecule has 0 saturated heterocycles. The molecule has 0 spiro atoms. The van der Waals surface area contributed by atoms with Crippen LogP contribution < -0.4 is 5.73 Å². The first-order valence-corrected chi connectivity index (χ1v) is 5.12. The molecule has 0 unspecified atom stereocenters. The molecule has 0 aliphatic heterocycles. The lowest BCUT2D eigenvalue weighted by Gasteiger charge is -2.17. The van der Waals surface area contributed by atoms with Gasteiger partial charge in [0.2, 0.25) is 0 Å². The minimum Gasteiger partial charge on any atom is -0.387 e. The second kappa shape index (κ2) is 4.39. The maximum atomic E-state index is 12.5. The highest BCUT2D eigenvalue weighted by molar-refractivity contribution is 5.87. The lowest BCUT2D eigenvalue weighted by Crippen LogP contribution is -2.28. The number of nitrogens with two attached hydrogens (primary N) is 1. The number of halogens is 3. The van der Waals surface area contributed by atoms with Crippen LogP contribution in [0.25, 0.3) is 0 Å². The Kier molecular flexibility index (Phi) is 3.50. The molecule has 0 heterocycles. The average molecular weight is 244 g/mol. The second-order valence-electron chi connectivity index (χ2n) is 4.80. The van der Waals surface area contributed by atoms with Crippen molar-refractivity contribution < 1.29 is 13.2 Å². The third-order valence-corrected chi connectivity index (χ3v) is 2.19. The molecule has 0 radical (unpaired) electrons. The third-order valence-electron chi connectivity index (χ3n) is 2.19. The van der Waals surface area contributed by atoms with E-state index in [2.05, 4.69) is 4.99 Å². The molecule has 1 rings (SSSR count). The van der Waals surface area contributed by atoms with Crippen molar-refractivity contribution in [2.24, 2.45) is 16.1 Å². The summed E-state index contributed by atoms with van der Waals surface area (Å²) >= 11 is 0. The summed E-state index contributed by atoms with van der Waals surface area (Å²) in [6.07, 6.45) is -4.36. The number of nitrogens with zero attached hydrogens (tertiary/aromatic N) is 1. The summed E-state index contributed by atoms with van der Waals surface area (Å²) in [5.74, 6) is 0.303. The van der Waals surface area contributed by atoms with Gasteiger partial charge >= 0.3 is 6.18 Å². The molecule has 0 aliphatic carbocycles. The van der Waals surface area contributed by atoms with Crippen LogP contribution in [0.4, 0.5) is 18.9 Å². The molecular formula is C12H15F3N2. The summed E-state index contributed by atoms with van der Waals surface area (Å²) in [6, 6.07) is 4.80. The Balaban J connectivity index is 3.10. The Morgan fingerprint density at radius 1 is 1.18 bits per heavy atom. The van der Waals surface area contributed by atoms with Crippen molar-refractivity contribution in [3.05, 3.63) is 29.8 Å². The van der Waals surface area contributed by atoms with Crippen molar-refractivity contribution in [2.75, 3.05) is 0 Å². The molecule has 94 valence electrons. The number of rotatable bonds is 1. The van der Waals surface area contributed by atoms with Crippen molar-refractivity contribution in [3.8, 4) is 0 Å². The first-order valence-electron chi connectivity index (χ1n) is 5.12. The molecule has 1 aromatic carbocycles. The summed E-state index contributed by atoms with van der Waals surface area (Å²) in [6.45, 7) is 5.54. The van der Waals surface area contributed by atoms with E-state index in [4.69, 9.17) is 5.73 Å². The number of hydrogen-bond acceptors (Lipinski definition) is 1.